The number of aromatic nitrogens is 1. The molecule has 4 rings (SSSR count). The van der Waals surface area contributed by atoms with Gasteiger partial charge in [-0.3, -0.25) is 9.69 Å². The van der Waals surface area contributed by atoms with Gasteiger partial charge < -0.3 is 10.1 Å². The second kappa shape index (κ2) is 11.1. The Labute approximate surface area is 217 Å². The molecule has 0 radical (unpaired) electrons. The lowest BCUT2D eigenvalue weighted by Gasteiger charge is -2.23. The Hall–Kier alpha value is -2.75. The zero-order valence-corrected chi connectivity index (χ0v) is 22.8. The number of amides is 1. The average molecular weight is 528 g/mol. The van der Waals surface area contributed by atoms with Crippen molar-refractivity contribution in [2.24, 2.45) is 0 Å². The molecule has 9 heteroatoms. The van der Waals surface area contributed by atoms with E-state index in [2.05, 4.69) is 29.3 Å². The Morgan fingerprint density at radius 3 is 2.39 bits per heavy atom. The molecule has 0 saturated heterocycles. The van der Waals surface area contributed by atoms with E-state index < -0.39 is 9.84 Å². The lowest BCUT2D eigenvalue weighted by molar-refractivity contribution is -0.115. The van der Waals surface area contributed by atoms with Crippen LogP contribution in [-0.4, -0.2) is 36.1 Å². The van der Waals surface area contributed by atoms with Crippen molar-refractivity contribution < 1.29 is 17.9 Å². The molecule has 1 N–H and O–H groups in total. The van der Waals surface area contributed by atoms with Crippen molar-refractivity contribution in [3.8, 4) is 5.75 Å². The van der Waals surface area contributed by atoms with Gasteiger partial charge in [0.2, 0.25) is 5.91 Å². The number of ether oxygens (including phenoxy) is 1. The van der Waals surface area contributed by atoms with Crippen LogP contribution in [0.25, 0.3) is 0 Å². The number of thiazole rings is 1. The Balaban J connectivity index is 1.36. The summed E-state index contributed by atoms with van der Waals surface area (Å²) in [5.74, 6) is 0.768. The second-order valence-corrected chi connectivity index (χ2v) is 12.6. The maximum atomic E-state index is 12.6. The van der Waals surface area contributed by atoms with E-state index >= 15 is 0 Å². The molecule has 0 bridgehead atoms. The summed E-state index contributed by atoms with van der Waals surface area (Å²) >= 11 is 1.53. The first kappa shape index (κ1) is 26.3. The van der Waals surface area contributed by atoms with Crippen molar-refractivity contribution in [3.05, 3.63) is 70.2 Å². The maximum absolute atomic E-state index is 12.6. The first-order chi connectivity index (χ1) is 17.2. The van der Waals surface area contributed by atoms with Gasteiger partial charge in [0.05, 0.1) is 34.9 Å². The zero-order valence-electron chi connectivity index (χ0n) is 21.2. The van der Waals surface area contributed by atoms with Crippen LogP contribution >= 0.6 is 11.3 Å². The highest BCUT2D eigenvalue weighted by Crippen LogP contribution is 2.41. The number of carbonyl (C=O) groups is 1. The van der Waals surface area contributed by atoms with Gasteiger partial charge in [0.1, 0.15) is 5.75 Å². The summed E-state index contributed by atoms with van der Waals surface area (Å²) in [4.78, 5) is 21.3. The lowest BCUT2D eigenvalue weighted by Crippen LogP contribution is -2.22. The number of benzene rings is 2. The molecule has 1 atom stereocenters. The Morgan fingerprint density at radius 1 is 1.11 bits per heavy atom. The number of sulfone groups is 1. The Kier molecular flexibility index (Phi) is 8.12. The first-order valence-electron chi connectivity index (χ1n) is 12.3. The first-order valence-corrected chi connectivity index (χ1v) is 14.8. The smallest absolute Gasteiger partial charge is 0.230 e. The highest BCUT2D eigenvalue weighted by Gasteiger charge is 2.33. The SMILES string of the molecule is CC[C@@H]1c2nc(NC(=O)Cc3ccc(S(=O)(=O)CC)cc3)sc2CN1Cc1ccc(OC(C)C)cc1. The fourth-order valence-electron chi connectivity index (χ4n) is 4.39. The van der Waals surface area contributed by atoms with Crippen molar-refractivity contribution in [1.82, 2.24) is 9.88 Å². The third-order valence-corrected chi connectivity index (χ3v) is 8.89. The minimum atomic E-state index is -3.25. The van der Waals surface area contributed by atoms with E-state index in [-0.39, 0.29) is 35.1 Å². The highest BCUT2D eigenvalue weighted by molar-refractivity contribution is 7.91. The number of anilines is 1. The Morgan fingerprint density at radius 2 is 1.78 bits per heavy atom. The van der Waals surface area contributed by atoms with E-state index in [4.69, 9.17) is 9.72 Å². The van der Waals surface area contributed by atoms with E-state index in [0.29, 0.717) is 5.13 Å². The fraction of sp³-hybridized carbons (Fsp3) is 0.407. The molecule has 36 heavy (non-hydrogen) atoms. The van der Waals surface area contributed by atoms with Crippen molar-refractivity contribution in [1.29, 1.82) is 0 Å². The van der Waals surface area contributed by atoms with Crippen molar-refractivity contribution >= 4 is 32.2 Å². The summed E-state index contributed by atoms with van der Waals surface area (Å²) in [6, 6.07) is 15.0. The standard InChI is InChI=1S/C27H33N3O4S2/c1-5-23-26-24(17-30(23)16-20-7-11-21(12-8-20)34-18(3)4)35-27(29-26)28-25(31)15-19-9-13-22(14-10-19)36(32,33)6-2/h7-14,18,23H,5-6,15-17H2,1-4H3,(H,28,29,31)/t23-/m1/s1. The summed E-state index contributed by atoms with van der Waals surface area (Å²) in [7, 11) is -3.25. The van der Waals surface area contributed by atoms with Crippen LogP contribution in [-0.2, 0) is 34.1 Å². The van der Waals surface area contributed by atoms with Crippen LogP contribution in [0, 0.1) is 0 Å². The predicted molar refractivity (Wildman–Crippen MR) is 143 cm³/mol. The summed E-state index contributed by atoms with van der Waals surface area (Å²) in [6.07, 6.45) is 1.25. The van der Waals surface area contributed by atoms with Gasteiger partial charge in [-0.05, 0) is 55.7 Å². The monoisotopic (exact) mass is 527 g/mol. The van der Waals surface area contributed by atoms with Crippen LogP contribution in [0.4, 0.5) is 5.13 Å². The lowest BCUT2D eigenvalue weighted by atomic mass is 10.1. The molecule has 1 aliphatic rings. The topological polar surface area (TPSA) is 88.6 Å². The molecule has 0 unspecified atom stereocenters. The van der Waals surface area contributed by atoms with E-state index in [1.54, 1.807) is 31.2 Å². The molecule has 0 saturated carbocycles. The summed E-state index contributed by atoms with van der Waals surface area (Å²) in [6.45, 7) is 9.45. The van der Waals surface area contributed by atoms with Crippen molar-refractivity contribution in [2.75, 3.05) is 11.1 Å². The summed E-state index contributed by atoms with van der Waals surface area (Å²) in [5.41, 5.74) is 3.03. The largest absolute Gasteiger partial charge is 0.491 e. The number of nitrogens with one attached hydrogen (secondary N) is 1. The van der Waals surface area contributed by atoms with E-state index in [1.807, 2.05) is 26.0 Å². The van der Waals surface area contributed by atoms with Gasteiger partial charge in [-0.1, -0.05) is 38.1 Å². The van der Waals surface area contributed by atoms with E-state index in [9.17, 15) is 13.2 Å². The number of nitrogens with zero attached hydrogens (tertiary/aromatic N) is 2. The molecule has 0 spiro atoms. The number of hydrogen-bond donors (Lipinski definition) is 1. The minimum absolute atomic E-state index is 0.0528. The predicted octanol–water partition coefficient (Wildman–Crippen LogP) is 5.37. The molecule has 3 aromatic rings. The normalized spacial score (nSPS) is 15.8. The molecule has 2 aromatic carbocycles. The third kappa shape index (κ3) is 6.14. The molecule has 0 aliphatic carbocycles. The van der Waals surface area contributed by atoms with Gasteiger partial charge in [0.25, 0.3) is 0 Å². The number of hydrogen-bond acceptors (Lipinski definition) is 7. The number of carbonyl (C=O) groups excluding carboxylic acids is 1. The molecular weight excluding hydrogens is 494 g/mol. The van der Waals surface area contributed by atoms with Crippen LogP contribution in [0.1, 0.15) is 61.9 Å². The van der Waals surface area contributed by atoms with Crippen LogP contribution in [0.3, 0.4) is 0 Å². The fourth-order valence-corrected chi connectivity index (χ4v) is 6.33. The summed E-state index contributed by atoms with van der Waals surface area (Å²) in [5, 5.41) is 3.54. The quantitative estimate of drug-likeness (QED) is 0.381. The van der Waals surface area contributed by atoms with Crippen molar-refractivity contribution in [2.45, 2.75) is 70.7 Å². The third-order valence-electron chi connectivity index (χ3n) is 6.17. The van der Waals surface area contributed by atoms with Crippen LogP contribution in [0.15, 0.2) is 53.4 Å². The minimum Gasteiger partial charge on any atom is -0.491 e. The molecular formula is C27H33N3O4S2. The van der Waals surface area contributed by atoms with Crippen LogP contribution in [0.5, 0.6) is 5.75 Å². The van der Waals surface area contributed by atoms with Crippen LogP contribution < -0.4 is 10.1 Å². The van der Waals surface area contributed by atoms with Crippen LogP contribution in [0.2, 0.25) is 0 Å². The summed E-state index contributed by atoms with van der Waals surface area (Å²) < 4.78 is 29.7. The molecule has 7 nitrogen and oxygen atoms in total. The number of rotatable bonds is 10. The molecule has 1 amide bonds. The molecule has 2 heterocycles. The van der Waals surface area contributed by atoms with E-state index in [0.717, 1.165) is 36.5 Å². The van der Waals surface area contributed by atoms with Gasteiger partial charge in [0.15, 0.2) is 15.0 Å². The second-order valence-electron chi connectivity index (χ2n) is 9.24. The van der Waals surface area contributed by atoms with Gasteiger partial charge >= 0.3 is 0 Å². The average Bonchev–Trinajstić information content (AvgIpc) is 3.36. The number of fused-ring (bicyclic) bond motifs is 1. The maximum Gasteiger partial charge on any atom is 0.230 e. The van der Waals surface area contributed by atoms with Gasteiger partial charge in [-0.15, -0.1) is 11.3 Å². The van der Waals surface area contributed by atoms with Crippen molar-refractivity contribution in [3.63, 3.8) is 0 Å². The molecule has 192 valence electrons. The van der Waals surface area contributed by atoms with E-state index in [1.165, 1.54) is 21.8 Å². The molecule has 1 aliphatic heterocycles. The molecule has 0 fully saturated rings. The van der Waals surface area contributed by atoms with Gasteiger partial charge in [-0.25, -0.2) is 13.4 Å². The zero-order chi connectivity index (χ0) is 25.9. The molecule has 1 aromatic heterocycles. The Bertz CT molecular complexity index is 1300. The van der Waals surface area contributed by atoms with Gasteiger partial charge in [0, 0.05) is 18.0 Å². The van der Waals surface area contributed by atoms with Gasteiger partial charge in [-0.2, -0.15) is 0 Å². The highest BCUT2D eigenvalue weighted by atomic mass is 32.2.